The minimum absolute atomic E-state index is 0.128. The molecule has 100 valence electrons. The molecule has 2 atom stereocenters. The molecule has 0 N–H and O–H groups in total. The summed E-state index contributed by atoms with van der Waals surface area (Å²) in [6, 6.07) is 10.7. The highest BCUT2D eigenvalue weighted by atomic mass is 32.1. The standard InChI is InChI=1S/C15H23NOS/c1-4-16(15(17)18)13(3)12(2)10-11-14-8-6-5-7-9-14/h5-9,12-13H,4,10-11H2,1-3H3,(H,17,18). The number of nitrogens with zero attached hydrogens (tertiary/aromatic N) is 1. The van der Waals surface area contributed by atoms with Gasteiger partial charge in [0.1, 0.15) is 0 Å². The van der Waals surface area contributed by atoms with E-state index in [0.29, 0.717) is 5.92 Å². The Morgan fingerprint density at radius 3 is 2.39 bits per heavy atom. The van der Waals surface area contributed by atoms with Gasteiger partial charge in [-0.1, -0.05) is 49.9 Å². The smallest absolute Gasteiger partial charge is 0.278 e. The first-order valence-electron chi connectivity index (χ1n) is 6.59. The van der Waals surface area contributed by atoms with Crippen LogP contribution in [0, 0.1) is 5.92 Å². The molecule has 2 unspecified atom stereocenters. The average Bonchev–Trinajstić information content (AvgIpc) is 2.37. The van der Waals surface area contributed by atoms with Gasteiger partial charge < -0.3 is 4.90 Å². The molecular weight excluding hydrogens is 242 g/mol. The van der Waals surface area contributed by atoms with Gasteiger partial charge in [-0.3, -0.25) is 4.79 Å². The zero-order valence-electron chi connectivity index (χ0n) is 11.5. The third-order valence-corrected chi connectivity index (χ3v) is 3.89. The van der Waals surface area contributed by atoms with E-state index in [-0.39, 0.29) is 11.3 Å². The summed E-state index contributed by atoms with van der Waals surface area (Å²) in [7, 11) is 0. The van der Waals surface area contributed by atoms with E-state index in [1.54, 1.807) is 0 Å². The minimum Gasteiger partial charge on any atom is -0.331 e. The van der Waals surface area contributed by atoms with Crippen LogP contribution >= 0.6 is 12.6 Å². The van der Waals surface area contributed by atoms with Crippen molar-refractivity contribution in [3.8, 4) is 0 Å². The van der Waals surface area contributed by atoms with Crippen molar-refractivity contribution in [1.82, 2.24) is 4.90 Å². The van der Waals surface area contributed by atoms with Crippen LogP contribution in [0.1, 0.15) is 32.8 Å². The summed E-state index contributed by atoms with van der Waals surface area (Å²) < 4.78 is 0. The first kappa shape index (κ1) is 15.1. The number of hydrogen-bond donors (Lipinski definition) is 1. The molecule has 0 saturated carbocycles. The van der Waals surface area contributed by atoms with Gasteiger partial charge in [-0.25, -0.2) is 0 Å². The topological polar surface area (TPSA) is 20.3 Å². The number of aryl methyl sites for hydroxylation is 1. The quantitative estimate of drug-likeness (QED) is 0.770. The molecule has 18 heavy (non-hydrogen) atoms. The lowest BCUT2D eigenvalue weighted by atomic mass is 9.94. The van der Waals surface area contributed by atoms with Gasteiger partial charge in [0.05, 0.1) is 0 Å². The van der Waals surface area contributed by atoms with E-state index in [4.69, 9.17) is 0 Å². The number of thiol groups is 1. The van der Waals surface area contributed by atoms with Crippen LogP contribution in [0.5, 0.6) is 0 Å². The van der Waals surface area contributed by atoms with Gasteiger partial charge in [0.2, 0.25) is 0 Å². The Labute approximate surface area is 116 Å². The Balaban J connectivity index is 2.49. The molecule has 2 nitrogen and oxygen atoms in total. The van der Waals surface area contributed by atoms with Crippen molar-refractivity contribution in [3.63, 3.8) is 0 Å². The number of rotatable bonds is 6. The van der Waals surface area contributed by atoms with Gasteiger partial charge in [0.15, 0.2) is 0 Å². The molecule has 0 spiro atoms. The predicted molar refractivity (Wildman–Crippen MR) is 80.2 cm³/mol. The van der Waals surface area contributed by atoms with Crippen molar-refractivity contribution in [2.45, 2.75) is 39.7 Å². The SMILES string of the molecule is CCN(C(=O)S)C(C)C(C)CCc1ccccc1. The third kappa shape index (κ3) is 4.37. The molecule has 0 heterocycles. The van der Waals surface area contributed by atoms with Crippen LogP contribution in [0.15, 0.2) is 30.3 Å². The van der Waals surface area contributed by atoms with Gasteiger partial charge >= 0.3 is 0 Å². The Morgan fingerprint density at radius 1 is 1.28 bits per heavy atom. The largest absolute Gasteiger partial charge is 0.331 e. The predicted octanol–water partition coefficient (Wildman–Crippen LogP) is 4.02. The minimum atomic E-state index is -0.128. The summed E-state index contributed by atoms with van der Waals surface area (Å²) in [5.74, 6) is 0.473. The molecule has 0 aliphatic carbocycles. The second kappa shape index (κ2) is 7.47. The van der Waals surface area contributed by atoms with Crippen molar-refractivity contribution in [2.24, 2.45) is 5.92 Å². The molecule has 1 amide bonds. The van der Waals surface area contributed by atoms with Crippen LogP contribution in [0.4, 0.5) is 4.79 Å². The highest BCUT2D eigenvalue weighted by Gasteiger charge is 2.21. The first-order chi connectivity index (χ1) is 8.56. The molecule has 0 aliphatic rings. The summed E-state index contributed by atoms with van der Waals surface area (Å²) in [5.41, 5.74) is 1.36. The molecule has 3 heteroatoms. The summed E-state index contributed by atoms with van der Waals surface area (Å²) in [4.78, 5) is 13.2. The van der Waals surface area contributed by atoms with Crippen molar-refractivity contribution >= 4 is 17.9 Å². The van der Waals surface area contributed by atoms with Crippen LogP contribution in [-0.2, 0) is 6.42 Å². The normalized spacial score (nSPS) is 14.0. The Morgan fingerprint density at radius 2 is 1.89 bits per heavy atom. The zero-order chi connectivity index (χ0) is 13.5. The molecule has 0 saturated heterocycles. The number of carbonyl (C=O) groups excluding carboxylic acids is 1. The van der Waals surface area contributed by atoms with Crippen LogP contribution in [-0.4, -0.2) is 22.7 Å². The lowest BCUT2D eigenvalue weighted by Crippen LogP contribution is -2.39. The maximum absolute atomic E-state index is 11.4. The van der Waals surface area contributed by atoms with Crippen molar-refractivity contribution in [2.75, 3.05) is 6.54 Å². The Hall–Kier alpha value is -0.960. The van der Waals surface area contributed by atoms with Gasteiger partial charge in [-0.15, -0.1) is 0 Å². The zero-order valence-corrected chi connectivity index (χ0v) is 12.4. The van der Waals surface area contributed by atoms with E-state index in [1.807, 2.05) is 17.9 Å². The van der Waals surface area contributed by atoms with Crippen LogP contribution in [0.3, 0.4) is 0 Å². The molecule has 1 aromatic rings. The van der Waals surface area contributed by atoms with Crippen LogP contribution < -0.4 is 0 Å². The van der Waals surface area contributed by atoms with E-state index in [1.165, 1.54) is 5.56 Å². The second-order valence-electron chi connectivity index (χ2n) is 4.81. The maximum Gasteiger partial charge on any atom is 0.278 e. The molecule has 0 aliphatic heterocycles. The summed E-state index contributed by atoms with van der Waals surface area (Å²) in [6.07, 6.45) is 2.15. The molecule has 0 fully saturated rings. The molecular formula is C15H23NOS. The number of amides is 1. The van der Waals surface area contributed by atoms with E-state index >= 15 is 0 Å². The fraction of sp³-hybridized carbons (Fsp3) is 0.533. The third-order valence-electron chi connectivity index (χ3n) is 3.63. The molecule has 0 aromatic heterocycles. The highest BCUT2D eigenvalue weighted by Crippen LogP contribution is 2.18. The van der Waals surface area contributed by atoms with Crippen molar-refractivity contribution < 1.29 is 4.79 Å². The van der Waals surface area contributed by atoms with Gasteiger partial charge in [0.25, 0.3) is 5.24 Å². The van der Waals surface area contributed by atoms with Crippen molar-refractivity contribution in [1.29, 1.82) is 0 Å². The molecule has 0 bridgehead atoms. The van der Waals surface area contributed by atoms with E-state index in [0.717, 1.165) is 19.4 Å². The molecule has 1 rings (SSSR count). The lowest BCUT2D eigenvalue weighted by molar-refractivity contribution is 0.182. The average molecular weight is 265 g/mol. The highest BCUT2D eigenvalue weighted by molar-refractivity contribution is 7.96. The van der Waals surface area contributed by atoms with E-state index < -0.39 is 0 Å². The van der Waals surface area contributed by atoms with E-state index in [9.17, 15) is 4.79 Å². The summed E-state index contributed by atoms with van der Waals surface area (Å²) in [6.45, 7) is 7.02. The number of carbonyl (C=O) groups is 1. The Bertz CT molecular complexity index is 366. The van der Waals surface area contributed by atoms with Gasteiger partial charge in [-0.2, -0.15) is 0 Å². The molecule has 0 radical (unpaired) electrons. The fourth-order valence-electron chi connectivity index (χ4n) is 2.18. The number of hydrogen-bond acceptors (Lipinski definition) is 1. The maximum atomic E-state index is 11.4. The fourth-order valence-corrected chi connectivity index (χ4v) is 2.51. The van der Waals surface area contributed by atoms with Crippen LogP contribution in [0.2, 0.25) is 0 Å². The monoisotopic (exact) mass is 265 g/mol. The number of benzene rings is 1. The van der Waals surface area contributed by atoms with Gasteiger partial charge in [-0.05, 0) is 38.2 Å². The van der Waals surface area contributed by atoms with E-state index in [2.05, 4.69) is 50.7 Å². The lowest BCUT2D eigenvalue weighted by Gasteiger charge is -2.31. The summed E-state index contributed by atoms with van der Waals surface area (Å²) >= 11 is 3.93. The first-order valence-corrected chi connectivity index (χ1v) is 7.04. The van der Waals surface area contributed by atoms with Crippen molar-refractivity contribution in [3.05, 3.63) is 35.9 Å². The molecule has 1 aromatic carbocycles. The van der Waals surface area contributed by atoms with Crippen LogP contribution in [0.25, 0.3) is 0 Å². The van der Waals surface area contributed by atoms with Gasteiger partial charge in [0, 0.05) is 12.6 Å². The summed E-state index contributed by atoms with van der Waals surface area (Å²) in [5, 5.41) is -0.128. The Kier molecular flexibility index (Phi) is 6.27. The second-order valence-corrected chi connectivity index (χ2v) is 5.19.